The number of hydrogen-bond donors (Lipinski definition) is 2. The molecule has 188 valence electrons. The van der Waals surface area contributed by atoms with Crippen LogP contribution in [0.4, 0.5) is 16.2 Å². The Labute approximate surface area is 237 Å². The fourth-order valence-corrected chi connectivity index (χ4v) is 5.09. The Balaban J connectivity index is 1.50. The molecule has 1 fully saturated rings. The van der Waals surface area contributed by atoms with Crippen LogP contribution in [0.5, 0.6) is 5.75 Å². The zero-order valence-electron chi connectivity index (χ0n) is 18.6. The molecule has 8 nitrogen and oxygen atoms in total. The molecule has 0 saturated carbocycles. The maximum atomic E-state index is 13.0. The minimum Gasteiger partial charge on any atom is -0.481 e. The van der Waals surface area contributed by atoms with Crippen LogP contribution in [-0.2, 0) is 14.4 Å². The van der Waals surface area contributed by atoms with Crippen molar-refractivity contribution in [3.05, 3.63) is 90.8 Å². The molecule has 1 aliphatic rings. The Morgan fingerprint density at radius 3 is 2.30 bits per heavy atom. The molecule has 5 amide bonds. The number of carbonyl (C=O) groups excluding carboxylic acids is 4. The van der Waals surface area contributed by atoms with Gasteiger partial charge in [0.15, 0.2) is 6.61 Å². The number of imide groups is 2. The van der Waals surface area contributed by atoms with E-state index in [1.807, 2.05) is 0 Å². The van der Waals surface area contributed by atoms with Gasteiger partial charge in [0.25, 0.3) is 17.7 Å². The van der Waals surface area contributed by atoms with E-state index in [1.165, 1.54) is 12.1 Å². The van der Waals surface area contributed by atoms with Gasteiger partial charge in [-0.25, -0.2) is 9.69 Å². The molecule has 37 heavy (non-hydrogen) atoms. The van der Waals surface area contributed by atoms with Crippen molar-refractivity contribution in [2.75, 3.05) is 16.8 Å². The highest BCUT2D eigenvalue weighted by Crippen LogP contribution is 2.36. The molecule has 3 aromatic carbocycles. The molecule has 0 bridgehead atoms. The molecule has 0 atom stereocenters. The van der Waals surface area contributed by atoms with Gasteiger partial charge in [0.2, 0.25) is 0 Å². The maximum absolute atomic E-state index is 13.0. The second-order valence-corrected chi connectivity index (χ2v) is 10.1. The van der Waals surface area contributed by atoms with Crippen LogP contribution in [0, 0.1) is 0 Å². The first kappa shape index (κ1) is 26.9. The topological polar surface area (TPSA) is 105 Å². The minimum absolute atomic E-state index is 0.225. The molecule has 0 aliphatic carbocycles. The van der Waals surface area contributed by atoms with Gasteiger partial charge < -0.3 is 10.1 Å². The third-order valence-corrected chi connectivity index (χ3v) is 6.92. The van der Waals surface area contributed by atoms with E-state index in [2.05, 4.69) is 42.5 Å². The molecule has 12 heteroatoms. The van der Waals surface area contributed by atoms with Gasteiger partial charge in [0.1, 0.15) is 11.3 Å². The van der Waals surface area contributed by atoms with E-state index in [0.29, 0.717) is 41.7 Å². The van der Waals surface area contributed by atoms with Crippen molar-refractivity contribution in [1.29, 1.82) is 0 Å². The molecule has 3 aromatic rings. The Morgan fingerprint density at radius 2 is 1.65 bits per heavy atom. The molecule has 1 aliphatic heterocycles. The predicted octanol–water partition coefficient (Wildman–Crippen LogP) is 6.20. The number of urea groups is 1. The molecule has 4 rings (SSSR count). The first-order valence-corrected chi connectivity index (χ1v) is 12.8. The van der Waals surface area contributed by atoms with Gasteiger partial charge in [0, 0.05) is 5.69 Å². The van der Waals surface area contributed by atoms with Gasteiger partial charge in [-0.15, -0.1) is 0 Å². The lowest BCUT2D eigenvalue weighted by Gasteiger charge is -2.26. The summed E-state index contributed by atoms with van der Waals surface area (Å²) in [5.41, 5.74) is 1.03. The van der Waals surface area contributed by atoms with Crippen LogP contribution in [0.25, 0.3) is 6.08 Å². The SMILES string of the molecule is O=C(COc1c(Br)cc(/C=C2/C(=O)NC(=O)N(c3ccccc3)C2=O)cc1Br)Nc1ccc(Cl)c(Cl)c1. The largest absolute Gasteiger partial charge is 0.481 e. The van der Waals surface area contributed by atoms with Crippen LogP contribution in [0.1, 0.15) is 5.56 Å². The zero-order chi connectivity index (χ0) is 26.7. The van der Waals surface area contributed by atoms with Gasteiger partial charge in [-0.3, -0.25) is 19.7 Å². The van der Waals surface area contributed by atoms with Crippen LogP contribution >= 0.6 is 55.1 Å². The predicted molar refractivity (Wildman–Crippen MR) is 148 cm³/mol. The zero-order valence-corrected chi connectivity index (χ0v) is 23.2. The van der Waals surface area contributed by atoms with Crippen molar-refractivity contribution in [3.63, 3.8) is 0 Å². The van der Waals surface area contributed by atoms with Crippen molar-refractivity contribution in [2.24, 2.45) is 0 Å². The fraction of sp³-hybridized carbons (Fsp3) is 0.0400. The van der Waals surface area contributed by atoms with Crippen LogP contribution in [0.2, 0.25) is 10.0 Å². The average Bonchev–Trinajstić information content (AvgIpc) is 2.84. The summed E-state index contributed by atoms with van der Waals surface area (Å²) in [6.45, 7) is -0.313. The number of para-hydroxylation sites is 1. The lowest BCUT2D eigenvalue weighted by atomic mass is 10.1. The number of carbonyl (C=O) groups is 4. The van der Waals surface area contributed by atoms with Gasteiger partial charge in [-0.05, 0) is 86.0 Å². The normalized spacial score (nSPS) is 14.5. The Kier molecular flexibility index (Phi) is 8.33. The number of nitrogens with one attached hydrogen (secondary N) is 2. The summed E-state index contributed by atoms with van der Waals surface area (Å²) in [4.78, 5) is 51.0. The second-order valence-electron chi connectivity index (χ2n) is 7.57. The van der Waals surface area contributed by atoms with E-state index in [4.69, 9.17) is 27.9 Å². The summed E-state index contributed by atoms with van der Waals surface area (Å²) in [7, 11) is 0. The highest BCUT2D eigenvalue weighted by Gasteiger charge is 2.36. The number of barbiturate groups is 1. The van der Waals surface area contributed by atoms with Crippen LogP contribution in [0.15, 0.2) is 75.2 Å². The molecular weight excluding hydrogens is 653 g/mol. The third kappa shape index (κ3) is 6.22. The van der Waals surface area contributed by atoms with E-state index in [-0.39, 0.29) is 12.2 Å². The number of anilines is 2. The summed E-state index contributed by atoms with van der Waals surface area (Å²) in [6.07, 6.45) is 1.36. The minimum atomic E-state index is -0.830. The van der Waals surface area contributed by atoms with E-state index in [9.17, 15) is 19.2 Å². The molecule has 0 spiro atoms. The Hall–Kier alpha value is -3.18. The third-order valence-electron chi connectivity index (χ3n) is 5.00. The lowest BCUT2D eigenvalue weighted by molar-refractivity contribution is -0.122. The molecule has 0 unspecified atom stereocenters. The molecule has 1 saturated heterocycles. The molecule has 2 N–H and O–H groups in total. The molecular formula is C25H15Br2Cl2N3O5. The lowest BCUT2D eigenvalue weighted by Crippen LogP contribution is -2.54. The molecule has 0 radical (unpaired) electrons. The standard InChI is InChI=1S/C25H15Br2Cl2N3O5/c26-17-9-13(8-16-23(34)31-25(36)32(24(16)35)15-4-2-1-3-5-15)10-18(27)22(17)37-12-21(33)30-14-6-7-19(28)20(29)11-14/h1-11H,12H2,(H,30,33)(H,31,34,36)/b16-8-. The Morgan fingerprint density at radius 1 is 0.973 bits per heavy atom. The van der Waals surface area contributed by atoms with Crippen LogP contribution in [0.3, 0.4) is 0 Å². The quantitative estimate of drug-likeness (QED) is 0.241. The van der Waals surface area contributed by atoms with Gasteiger partial charge >= 0.3 is 6.03 Å². The van der Waals surface area contributed by atoms with Crippen molar-refractivity contribution in [1.82, 2.24) is 5.32 Å². The summed E-state index contributed by atoms with van der Waals surface area (Å²) in [5.74, 6) is -1.68. The first-order chi connectivity index (χ1) is 17.6. The highest BCUT2D eigenvalue weighted by atomic mass is 79.9. The highest BCUT2D eigenvalue weighted by molar-refractivity contribution is 9.11. The first-order valence-electron chi connectivity index (χ1n) is 10.5. The molecule has 1 heterocycles. The van der Waals surface area contributed by atoms with Crippen LogP contribution in [-0.4, -0.2) is 30.4 Å². The van der Waals surface area contributed by atoms with E-state index >= 15 is 0 Å². The number of nitrogens with zero attached hydrogens (tertiary/aromatic N) is 1. The van der Waals surface area contributed by atoms with Gasteiger partial charge in [0.05, 0.1) is 24.7 Å². The van der Waals surface area contributed by atoms with Gasteiger partial charge in [-0.2, -0.15) is 0 Å². The Bertz CT molecular complexity index is 1440. The number of benzene rings is 3. The van der Waals surface area contributed by atoms with Gasteiger partial charge in [-0.1, -0.05) is 41.4 Å². The second kappa shape index (κ2) is 11.5. The van der Waals surface area contributed by atoms with Crippen molar-refractivity contribution in [3.8, 4) is 5.75 Å². The van der Waals surface area contributed by atoms with Crippen molar-refractivity contribution >= 4 is 96.3 Å². The number of halogens is 4. The number of rotatable bonds is 6. The van der Waals surface area contributed by atoms with E-state index < -0.39 is 23.8 Å². The average molecular weight is 668 g/mol. The summed E-state index contributed by atoms with van der Waals surface area (Å²) in [5, 5.41) is 5.50. The molecule has 0 aromatic heterocycles. The fourth-order valence-electron chi connectivity index (χ4n) is 3.35. The number of ether oxygens (including phenoxy) is 1. The summed E-state index contributed by atoms with van der Waals surface area (Å²) in [6, 6.07) is 15.3. The summed E-state index contributed by atoms with van der Waals surface area (Å²) < 4.78 is 6.56. The monoisotopic (exact) mass is 665 g/mol. The van der Waals surface area contributed by atoms with E-state index in [1.54, 1.807) is 54.6 Å². The maximum Gasteiger partial charge on any atom is 0.335 e. The number of hydrogen-bond acceptors (Lipinski definition) is 5. The summed E-state index contributed by atoms with van der Waals surface area (Å²) >= 11 is 18.6. The smallest absolute Gasteiger partial charge is 0.335 e. The van der Waals surface area contributed by atoms with Crippen LogP contribution < -0.4 is 20.3 Å². The van der Waals surface area contributed by atoms with E-state index in [0.717, 1.165) is 4.90 Å². The van der Waals surface area contributed by atoms with Crippen molar-refractivity contribution in [2.45, 2.75) is 0 Å². The number of amides is 5. The van der Waals surface area contributed by atoms with Crippen molar-refractivity contribution < 1.29 is 23.9 Å².